The second-order valence-corrected chi connectivity index (χ2v) is 6.38. The first kappa shape index (κ1) is 17.2. The minimum absolute atomic E-state index is 0.531. The Hall–Kier alpha value is -2.60. The van der Waals surface area contributed by atoms with E-state index in [2.05, 4.69) is 10.2 Å². The van der Waals surface area contributed by atoms with Crippen molar-refractivity contribution in [1.29, 1.82) is 0 Å². The highest BCUT2D eigenvalue weighted by atomic mass is 32.2. The summed E-state index contributed by atoms with van der Waals surface area (Å²) in [6.07, 6.45) is 2.25. The second kappa shape index (κ2) is 9.03. The average Bonchev–Trinajstić information content (AvgIpc) is 3.10. The molecule has 0 aliphatic heterocycles. The summed E-state index contributed by atoms with van der Waals surface area (Å²) in [4.78, 5) is 10.9. The topological polar surface area (TPSA) is 65.2 Å². The maximum Gasteiger partial charge on any atom is 0.276 e. The lowest BCUT2D eigenvalue weighted by Crippen LogP contribution is -2.00. The number of thioether (sulfide) groups is 1. The highest BCUT2D eigenvalue weighted by Gasteiger charge is 2.07. The van der Waals surface area contributed by atoms with Crippen molar-refractivity contribution in [1.82, 2.24) is 10.2 Å². The molecule has 0 atom stereocenters. The van der Waals surface area contributed by atoms with Crippen molar-refractivity contribution in [2.24, 2.45) is 0 Å². The van der Waals surface area contributed by atoms with Gasteiger partial charge in [0, 0.05) is 5.75 Å². The Balaban J connectivity index is 1.40. The predicted octanol–water partition coefficient (Wildman–Crippen LogP) is 4.03. The van der Waals surface area contributed by atoms with Crippen LogP contribution in [0.5, 0.6) is 5.75 Å². The zero-order valence-corrected chi connectivity index (χ0v) is 14.4. The number of ether oxygens (including phenoxy) is 1. The van der Waals surface area contributed by atoms with E-state index in [-0.39, 0.29) is 0 Å². The molecule has 0 aliphatic carbocycles. The molecule has 1 heterocycles. The Morgan fingerprint density at radius 3 is 2.68 bits per heavy atom. The van der Waals surface area contributed by atoms with Gasteiger partial charge in [-0.3, -0.25) is 4.79 Å². The minimum Gasteiger partial charge on any atom is -0.493 e. The largest absolute Gasteiger partial charge is 0.493 e. The summed E-state index contributed by atoms with van der Waals surface area (Å²) < 4.78 is 11.3. The summed E-state index contributed by atoms with van der Waals surface area (Å²) in [6.45, 7) is 0.531. The van der Waals surface area contributed by atoms with Crippen LogP contribution in [0.1, 0.15) is 28.2 Å². The maximum absolute atomic E-state index is 10.9. The van der Waals surface area contributed by atoms with Crippen molar-refractivity contribution >= 4 is 18.0 Å². The SMILES string of the molecule is O=Cc1ccccc1OCCCSc1nnc(Cc2ccccc2)o1. The lowest BCUT2D eigenvalue weighted by molar-refractivity contribution is 0.111. The zero-order chi connectivity index (χ0) is 17.3. The van der Waals surface area contributed by atoms with Crippen LogP contribution in [0.25, 0.3) is 0 Å². The number of carbonyl (C=O) groups is 1. The third kappa shape index (κ3) is 5.19. The van der Waals surface area contributed by atoms with Crippen molar-refractivity contribution in [2.75, 3.05) is 12.4 Å². The van der Waals surface area contributed by atoms with Crippen LogP contribution in [0.4, 0.5) is 0 Å². The van der Waals surface area contributed by atoms with Gasteiger partial charge in [0.05, 0.1) is 18.6 Å². The van der Waals surface area contributed by atoms with E-state index in [4.69, 9.17) is 9.15 Å². The first-order valence-corrected chi connectivity index (χ1v) is 9.00. The number of hydrogen-bond acceptors (Lipinski definition) is 6. The Labute approximate surface area is 150 Å². The molecule has 0 spiro atoms. The third-order valence-electron chi connectivity index (χ3n) is 3.46. The monoisotopic (exact) mass is 354 g/mol. The molecule has 0 radical (unpaired) electrons. The van der Waals surface area contributed by atoms with Crippen LogP contribution in [0.15, 0.2) is 64.2 Å². The number of hydrogen-bond donors (Lipinski definition) is 0. The van der Waals surface area contributed by atoms with Crippen LogP contribution in [-0.2, 0) is 6.42 Å². The molecule has 3 rings (SSSR count). The second-order valence-electron chi connectivity index (χ2n) is 5.33. The van der Waals surface area contributed by atoms with E-state index in [0.29, 0.717) is 35.5 Å². The first-order valence-electron chi connectivity index (χ1n) is 8.01. The predicted molar refractivity (Wildman–Crippen MR) is 96.2 cm³/mol. The van der Waals surface area contributed by atoms with E-state index in [1.807, 2.05) is 42.5 Å². The fourth-order valence-corrected chi connectivity index (χ4v) is 2.94. The third-order valence-corrected chi connectivity index (χ3v) is 4.37. The fraction of sp³-hybridized carbons (Fsp3) is 0.211. The lowest BCUT2D eigenvalue weighted by atomic mass is 10.2. The number of benzene rings is 2. The summed E-state index contributed by atoms with van der Waals surface area (Å²) in [5.41, 5.74) is 1.71. The van der Waals surface area contributed by atoms with Gasteiger partial charge in [0.15, 0.2) is 6.29 Å². The molecule has 0 saturated carbocycles. The van der Waals surface area contributed by atoms with Crippen molar-refractivity contribution in [3.05, 3.63) is 71.6 Å². The van der Waals surface area contributed by atoms with Gasteiger partial charge in [-0.15, -0.1) is 10.2 Å². The highest BCUT2D eigenvalue weighted by molar-refractivity contribution is 7.99. The lowest BCUT2D eigenvalue weighted by Gasteiger charge is -2.07. The van der Waals surface area contributed by atoms with E-state index in [9.17, 15) is 4.79 Å². The molecule has 5 nitrogen and oxygen atoms in total. The van der Waals surface area contributed by atoms with E-state index in [0.717, 1.165) is 24.0 Å². The standard InChI is InChI=1S/C19H18N2O3S/c22-14-16-9-4-5-10-17(16)23-11-6-12-25-19-21-20-18(24-19)13-15-7-2-1-3-8-15/h1-5,7-10,14H,6,11-13H2. The quantitative estimate of drug-likeness (QED) is 0.328. The normalized spacial score (nSPS) is 10.6. The molecule has 0 aliphatic rings. The summed E-state index contributed by atoms with van der Waals surface area (Å²) in [5.74, 6) is 2.03. The Morgan fingerprint density at radius 1 is 1.04 bits per heavy atom. The minimum atomic E-state index is 0.531. The van der Waals surface area contributed by atoms with Gasteiger partial charge in [0.1, 0.15) is 5.75 Å². The first-order chi connectivity index (χ1) is 12.3. The average molecular weight is 354 g/mol. The molecule has 0 saturated heterocycles. The van der Waals surface area contributed by atoms with E-state index in [1.165, 1.54) is 11.8 Å². The summed E-state index contributed by atoms with van der Waals surface area (Å²) in [7, 11) is 0. The van der Waals surface area contributed by atoms with Gasteiger partial charge < -0.3 is 9.15 Å². The van der Waals surface area contributed by atoms with Gasteiger partial charge in [-0.05, 0) is 24.1 Å². The van der Waals surface area contributed by atoms with Crippen LogP contribution in [0.2, 0.25) is 0 Å². The molecule has 0 bridgehead atoms. The molecular formula is C19H18N2O3S. The van der Waals surface area contributed by atoms with Gasteiger partial charge >= 0.3 is 0 Å². The van der Waals surface area contributed by atoms with Crippen LogP contribution in [0, 0.1) is 0 Å². The Bertz CT molecular complexity index is 805. The van der Waals surface area contributed by atoms with Gasteiger partial charge in [0.25, 0.3) is 5.22 Å². The Morgan fingerprint density at radius 2 is 1.84 bits per heavy atom. The van der Waals surface area contributed by atoms with Crippen LogP contribution in [-0.4, -0.2) is 28.8 Å². The number of aldehydes is 1. The van der Waals surface area contributed by atoms with E-state index >= 15 is 0 Å². The number of para-hydroxylation sites is 1. The molecule has 6 heteroatoms. The molecule has 2 aromatic carbocycles. The van der Waals surface area contributed by atoms with Gasteiger partial charge in [-0.2, -0.15) is 0 Å². The van der Waals surface area contributed by atoms with Crippen molar-refractivity contribution in [3.8, 4) is 5.75 Å². The van der Waals surface area contributed by atoms with E-state index < -0.39 is 0 Å². The molecular weight excluding hydrogens is 336 g/mol. The summed E-state index contributed by atoms with van der Waals surface area (Å²) in [6, 6.07) is 17.2. The zero-order valence-electron chi connectivity index (χ0n) is 13.6. The number of rotatable bonds is 9. The van der Waals surface area contributed by atoms with Gasteiger partial charge in [0.2, 0.25) is 5.89 Å². The molecule has 0 N–H and O–H groups in total. The molecule has 1 aromatic heterocycles. The molecule has 0 unspecified atom stereocenters. The van der Waals surface area contributed by atoms with Crippen molar-refractivity contribution in [3.63, 3.8) is 0 Å². The summed E-state index contributed by atoms with van der Waals surface area (Å²) in [5, 5.41) is 8.70. The smallest absolute Gasteiger partial charge is 0.276 e. The van der Waals surface area contributed by atoms with Crippen molar-refractivity contribution in [2.45, 2.75) is 18.1 Å². The molecule has 25 heavy (non-hydrogen) atoms. The number of carbonyl (C=O) groups excluding carboxylic acids is 1. The molecule has 3 aromatic rings. The summed E-state index contributed by atoms with van der Waals surface area (Å²) >= 11 is 1.51. The van der Waals surface area contributed by atoms with Crippen LogP contribution >= 0.6 is 11.8 Å². The molecule has 0 fully saturated rings. The number of aromatic nitrogens is 2. The number of nitrogens with zero attached hydrogens (tertiary/aromatic N) is 2. The molecule has 128 valence electrons. The van der Waals surface area contributed by atoms with Crippen molar-refractivity contribution < 1.29 is 13.9 Å². The fourth-order valence-electron chi connectivity index (χ4n) is 2.25. The van der Waals surface area contributed by atoms with Gasteiger partial charge in [-0.25, -0.2) is 0 Å². The highest BCUT2D eigenvalue weighted by Crippen LogP contribution is 2.20. The molecule has 0 amide bonds. The van der Waals surface area contributed by atoms with Gasteiger partial charge in [-0.1, -0.05) is 54.2 Å². The maximum atomic E-state index is 10.9. The van der Waals surface area contributed by atoms with E-state index in [1.54, 1.807) is 12.1 Å². The Kier molecular flexibility index (Phi) is 6.23. The van der Waals surface area contributed by atoms with Crippen LogP contribution in [0.3, 0.4) is 0 Å². The van der Waals surface area contributed by atoms with Crippen LogP contribution < -0.4 is 4.74 Å².